The summed E-state index contributed by atoms with van der Waals surface area (Å²) in [7, 11) is 0. The first-order chi connectivity index (χ1) is 7.59. The summed E-state index contributed by atoms with van der Waals surface area (Å²) in [6.07, 6.45) is 0. The summed E-state index contributed by atoms with van der Waals surface area (Å²) in [4.78, 5) is 4.58. The Hall–Kier alpha value is -1.19. The maximum atomic E-state index is 5.82. The summed E-state index contributed by atoms with van der Waals surface area (Å²) in [5, 5.41) is 3.11. The van der Waals surface area contributed by atoms with Crippen molar-refractivity contribution in [3.8, 4) is 10.6 Å². The monoisotopic (exact) mass is 232 g/mol. The van der Waals surface area contributed by atoms with Crippen molar-refractivity contribution in [2.24, 2.45) is 5.73 Å². The molecule has 1 atom stereocenters. The van der Waals surface area contributed by atoms with Gasteiger partial charge in [-0.1, -0.05) is 18.2 Å². The average molecular weight is 232 g/mol. The summed E-state index contributed by atoms with van der Waals surface area (Å²) >= 11 is 1.66. The lowest BCUT2D eigenvalue weighted by Crippen LogP contribution is -2.04. The van der Waals surface area contributed by atoms with Crippen LogP contribution in [-0.2, 0) is 0 Å². The Balaban J connectivity index is 2.47. The van der Waals surface area contributed by atoms with Crippen molar-refractivity contribution >= 4 is 11.3 Å². The summed E-state index contributed by atoms with van der Waals surface area (Å²) in [6, 6.07) is 6.32. The third-order valence-electron chi connectivity index (χ3n) is 2.82. The molecule has 2 rings (SSSR count). The summed E-state index contributed by atoms with van der Waals surface area (Å²) in [5.41, 5.74) is 10.6. The first-order valence-electron chi connectivity index (χ1n) is 5.37. The minimum atomic E-state index is 0.00937. The maximum absolute atomic E-state index is 5.82. The van der Waals surface area contributed by atoms with Crippen molar-refractivity contribution in [1.82, 2.24) is 4.98 Å². The molecule has 0 radical (unpaired) electrons. The third-order valence-corrected chi connectivity index (χ3v) is 3.72. The van der Waals surface area contributed by atoms with Crippen molar-refractivity contribution < 1.29 is 0 Å². The van der Waals surface area contributed by atoms with Crippen LogP contribution in [0.15, 0.2) is 23.6 Å². The molecule has 0 fully saturated rings. The van der Waals surface area contributed by atoms with Gasteiger partial charge in [-0.3, -0.25) is 0 Å². The van der Waals surface area contributed by atoms with Gasteiger partial charge in [0.15, 0.2) is 0 Å². The molecule has 2 nitrogen and oxygen atoms in total. The van der Waals surface area contributed by atoms with E-state index in [1.165, 1.54) is 16.7 Å². The van der Waals surface area contributed by atoms with Crippen LogP contribution in [-0.4, -0.2) is 4.98 Å². The number of benzene rings is 1. The van der Waals surface area contributed by atoms with Gasteiger partial charge in [-0.2, -0.15) is 0 Å². The molecule has 0 saturated carbocycles. The molecule has 1 heterocycles. The van der Waals surface area contributed by atoms with Gasteiger partial charge in [0.25, 0.3) is 0 Å². The van der Waals surface area contributed by atoms with Crippen LogP contribution in [0.1, 0.15) is 29.8 Å². The standard InChI is InChI=1S/C13H16N2S/c1-8-5-4-6-11(9(8)2)13-15-12(7-16-13)10(3)14/h4-7,10H,14H2,1-3H3. The molecule has 0 spiro atoms. The summed E-state index contributed by atoms with van der Waals surface area (Å²) < 4.78 is 0. The van der Waals surface area contributed by atoms with Crippen LogP contribution in [0, 0.1) is 13.8 Å². The second kappa shape index (κ2) is 4.36. The number of aromatic nitrogens is 1. The Kier molecular flexibility index (Phi) is 3.08. The van der Waals surface area contributed by atoms with Crippen molar-refractivity contribution in [2.45, 2.75) is 26.8 Å². The molecule has 3 heteroatoms. The lowest BCUT2D eigenvalue weighted by Gasteiger charge is -2.05. The van der Waals surface area contributed by atoms with Crippen LogP contribution in [0.4, 0.5) is 0 Å². The highest BCUT2D eigenvalue weighted by atomic mass is 32.1. The number of aryl methyl sites for hydroxylation is 1. The zero-order valence-corrected chi connectivity index (χ0v) is 10.6. The van der Waals surface area contributed by atoms with Gasteiger partial charge in [-0.15, -0.1) is 11.3 Å². The molecular weight excluding hydrogens is 216 g/mol. The molecule has 1 aromatic heterocycles. The Bertz CT molecular complexity index is 500. The normalized spacial score (nSPS) is 12.8. The van der Waals surface area contributed by atoms with Gasteiger partial charge in [0.05, 0.1) is 5.69 Å². The van der Waals surface area contributed by atoms with Crippen molar-refractivity contribution in [1.29, 1.82) is 0 Å². The molecule has 2 N–H and O–H groups in total. The van der Waals surface area contributed by atoms with E-state index in [2.05, 4.69) is 37.0 Å². The van der Waals surface area contributed by atoms with Crippen LogP contribution in [0.5, 0.6) is 0 Å². The minimum Gasteiger partial charge on any atom is -0.323 e. The molecule has 1 unspecified atom stereocenters. The Morgan fingerprint density at radius 1 is 1.31 bits per heavy atom. The van der Waals surface area contributed by atoms with E-state index in [4.69, 9.17) is 5.73 Å². The molecule has 0 amide bonds. The van der Waals surface area contributed by atoms with Crippen molar-refractivity contribution in [3.05, 3.63) is 40.4 Å². The Labute approximate surface area is 100 Å². The van der Waals surface area contributed by atoms with E-state index in [0.29, 0.717) is 0 Å². The highest BCUT2D eigenvalue weighted by Gasteiger charge is 2.10. The number of thiazole rings is 1. The molecule has 2 aromatic rings. The van der Waals surface area contributed by atoms with Crippen LogP contribution < -0.4 is 5.73 Å². The SMILES string of the molecule is Cc1cccc(-c2nc(C(C)N)cs2)c1C. The highest BCUT2D eigenvalue weighted by Crippen LogP contribution is 2.29. The van der Waals surface area contributed by atoms with E-state index >= 15 is 0 Å². The molecule has 0 bridgehead atoms. The van der Waals surface area contributed by atoms with Crippen LogP contribution >= 0.6 is 11.3 Å². The zero-order chi connectivity index (χ0) is 11.7. The molecule has 84 valence electrons. The average Bonchev–Trinajstić information content (AvgIpc) is 2.71. The maximum Gasteiger partial charge on any atom is 0.123 e. The largest absolute Gasteiger partial charge is 0.323 e. The molecule has 0 aliphatic rings. The van der Waals surface area contributed by atoms with E-state index in [9.17, 15) is 0 Å². The topological polar surface area (TPSA) is 38.9 Å². The van der Waals surface area contributed by atoms with E-state index in [0.717, 1.165) is 10.7 Å². The second-order valence-electron chi connectivity index (χ2n) is 4.11. The van der Waals surface area contributed by atoms with Gasteiger partial charge >= 0.3 is 0 Å². The lowest BCUT2D eigenvalue weighted by molar-refractivity contribution is 0.790. The first kappa shape index (κ1) is 11.3. The van der Waals surface area contributed by atoms with E-state index in [-0.39, 0.29) is 6.04 Å². The molecule has 1 aromatic carbocycles. The van der Waals surface area contributed by atoms with E-state index in [1.54, 1.807) is 11.3 Å². The second-order valence-corrected chi connectivity index (χ2v) is 4.97. The molecular formula is C13H16N2S. The Morgan fingerprint density at radius 3 is 2.69 bits per heavy atom. The number of nitrogens with zero attached hydrogens (tertiary/aromatic N) is 1. The summed E-state index contributed by atoms with van der Waals surface area (Å²) in [5.74, 6) is 0. The van der Waals surface area contributed by atoms with Crippen molar-refractivity contribution in [3.63, 3.8) is 0 Å². The van der Waals surface area contributed by atoms with Gasteiger partial charge < -0.3 is 5.73 Å². The van der Waals surface area contributed by atoms with Gasteiger partial charge in [0, 0.05) is 17.0 Å². The van der Waals surface area contributed by atoms with Gasteiger partial charge in [0.1, 0.15) is 5.01 Å². The third kappa shape index (κ3) is 2.01. The van der Waals surface area contributed by atoms with Crippen LogP contribution in [0.3, 0.4) is 0 Å². The fourth-order valence-electron chi connectivity index (χ4n) is 1.60. The number of hydrogen-bond donors (Lipinski definition) is 1. The number of nitrogens with two attached hydrogens (primary N) is 1. The predicted molar refractivity (Wildman–Crippen MR) is 69.6 cm³/mol. The van der Waals surface area contributed by atoms with Crippen molar-refractivity contribution in [2.75, 3.05) is 0 Å². The zero-order valence-electron chi connectivity index (χ0n) is 9.82. The fourth-order valence-corrected chi connectivity index (χ4v) is 2.61. The molecule has 0 aliphatic heterocycles. The van der Waals surface area contributed by atoms with Gasteiger partial charge in [0.2, 0.25) is 0 Å². The van der Waals surface area contributed by atoms with E-state index in [1.807, 2.05) is 12.3 Å². The number of hydrogen-bond acceptors (Lipinski definition) is 3. The van der Waals surface area contributed by atoms with Crippen LogP contribution in [0.2, 0.25) is 0 Å². The molecule has 0 saturated heterocycles. The van der Waals surface area contributed by atoms with Crippen LogP contribution in [0.25, 0.3) is 10.6 Å². The molecule has 0 aliphatic carbocycles. The predicted octanol–water partition coefficient (Wildman–Crippen LogP) is 3.45. The Morgan fingerprint density at radius 2 is 2.06 bits per heavy atom. The lowest BCUT2D eigenvalue weighted by atomic mass is 10.0. The highest BCUT2D eigenvalue weighted by molar-refractivity contribution is 7.13. The number of rotatable bonds is 2. The first-order valence-corrected chi connectivity index (χ1v) is 6.25. The smallest absolute Gasteiger partial charge is 0.123 e. The van der Waals surface area contributed by atoms with Gasteiger partial charge in [-0.25, -0.2) is 4.98 Å². The fraction of sp³-hybridized carbons (Fsp3) is 0.308. The minimum absolute atomic E-state index is 0.00937. The van der Waals surface area contributed by atoms with Gasteiger partial charge in [-0.05, 0) is 31.9 Å². The quantitative estimate of drug-likeness (QED) is 0.861. The molecule has 16 heavy (non-hydrogen) atoms. The summed E-state index contributed by atoms with van der Waals surface area (Å²) in [6.45, 7) is 6.22. The van der Waals surface area contributed by atoms with E-state index < -0.39 is 0 Å².